The van der Waals surface area contributed by atoms with Gasteiger partial charge in [0.05, 0.1) is 5.41 Å². The van der Waals surface area contributed by atoms with Gasteiger partial charge in [0.25, 0.3) is 5.91 Å². The third kappa shape index (κ3) is 4.22. The van der Waals surface area contributed by atoms with Gasteiger partial charge in [-0.25, -0.2) is 4.39 Å². The number of ether oxygens (including phenoxy) is 1. The molecule has 1 amide bonds. The number of halogens is 1. The molecular weight excluding hydrogens is 265 g/mol. The number of aliphatic carboxylic acids is 1. The molecule has 0 saturated carbocycles. The molecule has 0 heterocycles. The maximum atomic E-state index is 13.4. The van der Waals surface area contributed by atoms with Crippen molar-refractivity contribution in [2.75, 3.05) is 6.54 Å². The summed E-state index contributed by atoms with van der Waals surface area (Å²) in [6, 6.07) is 5.76. The molecule has 6 heteroatoms. The van der Waals surface area contributed by atoms with Gasteiger partial charge < -0.3 is 15.2 Å². The summed E-state index contributed by atoms with van der Waals surface area (Å²) in [4.78, 5) is 22.7. The molecule has 110 valence electrons. The number of carboxylic acids is 1. The van der Waals surface area contributed by atoms with Crippen molar-refractivity contribution in [1.82, 2.24) is 5.32 Å². The van der Waals surface area contributed by atoms with E-state index in [0.717, 1.165) is 0 Å². The molecule has 0 aliphatic carbocycles. The van der Waals surface area contributed by atoms with Crippen molar-refractivity contribution in [3.8, 4) is 5.75 Å². The van der Waals surface area contributed by atoms with E-state index in [-0.39, 0.29) is 12.3 Å². The third-order valence-electron chi connectivity index (χ3n) is 2.79. The highest BCUT2D eigenvalue weighted by molar-refractivity contribution is 5.82. The van der Waals surface area contributed by atoms with Crippen LogP contribution in [0.3, 0.4) is 0 Å². The zero-order valence-electron chi connectivity index (χ0n) is 11.6. The first-order valence-corrected chi connectivity index (χ1v) is 6.16. The lowest BCUT2D eigenvalue weighted by Crippen LogP contribution is -2.43. The topological polar surface area (TPSA) is 75.6 Å². The van der Waals surface area contributed by atoms with Gasteiger partial charge in [0, 0.05) is 6.54 Å². The van der Waals surface area contributed by atoms with E-state index in [2.05, 4.69) is 5.32 Å². The summed E-state index contributed by atoms with van der Waals surface area (Å²) in [6.07, 6.45) is -0.920. The molecule has 1 aromatic carbocycles. The number of carbonyl (C=O) groups is 2. The Morgan fingerprint density at radius 1 is 1.40 bits per heavy atom. The standard InChI is InChI=1S/C14H18FNO4/c1-9(20-11-7-5-4-6-10(11)15)12(17)16-8-14(2,3)13(18)19/h4-7,9H,8H2,1-3H3,(H,16,17)(H,18,19). The Bertz CT molecular complexity index is 502. The van der Waals surface area contributed by atoms with Crippen LogP contribution in [-0.2, 0) is 9.59 Å². The maximum absolute atomic E-state index is 13.4. The van der Waals surface area contributed by atoms with Gasteiger partial charge in [-0.15, -0.1) is 0 Å². The predicted octanol–water partition coefficient (Wildman–Crippen LogP) is 1.82. The fourth-order valence-corrected chi connectivity index (χ4v) is 1.31. The van der Waals surface area contributed by atoms with E-state index in [9.17, 15) is 14.0 Å². The average Bonchev–Trinajstić information content (AvgIpc) is 2.38. The van der Waals surface area contributed by atoms with Crippen LogP contribution in [0, 0.1) is 11.2 Å². The Morgan fingerprint density at radius 3 is 2.55 bits per heavy atom. The van der Waals surface area contributed by atoms with Crippen molar-refractivity contribution in [1.29, 1.82) is 0 Å². The summed E-state index contributed by atoms with van der Waals surface area (Å²) in [5.41, 5.74) is -1.08. The van der Waals surface area contributed by atoms with Crippen LogP contribution < -0.4 is 10.1 Å². The second-order valence-electron chi connectivity index (χ2n) is 5.10. The quantitative estimate of drug-likeness (QED) is 0.835. The minimum Gasteiger partial charge on any atom is -0.481 e. The van der Waals surface area contributed by atoms with Crippen LogP contribution in [0.2, 0.25) is 0 Å². The fourth-order valence-electron chi connectivity index (χ4n) is 1.31. The number of amides is 1. The van der Waals surface area contributed by atoms with Crippen LogP contribution in [0.1, 0.15) is 20.8 Å². The number of rotatable bonds is 6. The minimum absolute atomic E-state index is 0.0207. The second kappa shape index (κ2) is 6.36. The van der Waals surface area contributed by atoms with Gasteiger partial charge in [0.15, 0.2) is 17.7 Å². The Hall–Kier alpha value is -2.11. The van der Waals surface area contributed by atoms with Crippen LogP contribution in [0.4, 0.5) is 4.39 Å². The lowest BCUT2D eigenvalue weighted by atomic mass is 9.94. The molecule has 1 aromatic rings. The van der Waals surface area contributed by atoms with Crippen molar-refractivity contribution in [3.05, 3.63) is 30.1 Å². The third-order valence-corrected chi connectivity index (χ3v) is 2.79. The summed E-state index contributed by atoms with van der Waals surface area (Å²) in [6.45, 7) is 4.43. The van der Waals surface area contributed by atoms with Crippen LogP contribution in [0.5, 0.6) is 5.75 Å². The van der Waals surface area contributed by atoms with Crippen LogP contribution in [-0.4, -0.2) is 29.6 Å². The monoisotopic (exact) mass is 283 g/mol. The summed E-state index contributed by atoms with van der Waals surface area (Å²) < 4.78 is 18.6. The van der Waals surface area contributed by atoms with Crippen molar-refractivity contribution in [2.45, 2.75) is 26.9 Å². The van der Waals surface area contributed by atoms with E-state index in [1.165, 1.54) is 39.0 Å². The zero-order valence-corrected chi connectivity index (χ0v) is 11.6. The highest BCUT2D eigenvalue weighted by atomic mass is 19.1. The van der Waals surface area contributed by atoms with Crippen molar-refractivity contribution < 1.29 is 23.8 Å². The highest BCUT2D eigenvalue weighted by Crippen LogP contribution is 2.17. The van der Waals surface area contributed by atoms with Gasteiger partial charge in [-0.05, 0) is 32.9 Å². The predicted molar refractivity (Wildman–Crippen MR) is 70.9 cm³/mol. The molecule has 20 heavy (non-hydrogen) atoms. The molecule has 0 radical (unpaired) electrons. The van der Waals surface area contributed by atoms with Gasteiger partial charge in [0.2, 0.25) is 0 Å². The second-order valence-corrected chi connectivity index (χ2v) is 5.10. The molecule has 0 fully saturated rings. The molecule has 2 N–H and O–H groups in total. The number of carboxylic acid groups (broad SMARTS) is 1. The number of hydrogen-bond acceptors (Lipinski definition) is 3. The molecule has 1 unspecified atom stereocenters. The van der Waals surface area contributed by atoms with Crippen molar-refractivity contribution in [2.24, 2.45) is 5.41 Å². The van der Waals surface area contributed by atoms with E-state index >= 15 is 0 Å². The summed E-state index contributed by atoms with van der Waals surface area (Å²) >= 11 is 0. The molecule has 0 aliphatic rings. The number of benzene rings is 1. The van der Waals surface area contributed by atoms with Crippen LogP contribution in [0.15, 0.2) is 24.3 Å². The molecule has 0 aliphatic heterocycles. The van der Waals surface area contributed by atoms with E-state index < -0.39 is 29.2 Å². The number of para-hydroxylation sites is 1. The van der Waals surface area contributed by atoms with Gasteiger partial charge in [-0.3, -0.25) is 9.59 Å². The summed E-state index contributed by atoms with van der Waals surface area (Å²) in [5.74, 6) is -2.09. The minimum atomic E-state index is -1.08. The molecule has 0 bridgehead atoms. The largest absolute Gasteiger partial charge is 0.481 e. The van der Waals surface area contributed by atoms with E-state index in [0.29, 0.717) is 0 Å². The van der Waals surface area contributed by atoms with E-state index in [4.69, 9.17) is 9.84 Å². The molecule has 1 atom stereocenters. The van der Waals surface area contributed by atoms with Gasteiger partial charge in [-0.1, -0.05) is 12.1 Å². The molecule has 5 nitrogen and oxygen atoms in total. The first-order valence-electron chi connectivity index (χ1n) is 6.16. The SMILES string of the molecule is CC(Oc1ccccc1F)C(=O)NCC(C)(C)C(=O)O. The first-order chi connectivity index (χ1) is 9.24. The summed E-state index contributed by atoms with van der Waals surface area (Å²) in [5, 5.41) is 11.4. The smallest absolute Gasteiger partial charge is 0.310 e. The van der Waals surface area contributed by atoms with Crippen molar-refractivity contribution in [3.63, 3.8) is 0 Å². The highest BCUT2D eigenvalue weighted by Gasteiger charge is 2.28. The number of hydrogen-bond donors (Lipinski definition) is 2. The summed E-state index contributed by atoms with van der Waals surface area (Å²) in [7, 11) is 0. The van der Waals surface area contributed by atoms with E-state index in [1.807, 2.05) is 0 Å². The van der Waals surface area contributed by atoms with Crippen LogP contribution in [0.25, 0.3) is 0 Å². The first kappa shape index (κ1) is 15.9. The number of carbonyl (C=O) groups excluding carboxylic acids is 1. The van der Waals surface area contributed by atoms with Crippen molar-refractivity contribution >= 4 is 11.9 Å². The number of nitrogens with one attached hydrogen (secondary N) is 1. The normalized spacial score (nSPS) is 12.6. The van der Waals surface area contributed by atoms with E-state index in [1.54, 1.807) is 6.07 Å². The Labute approximate surface area is 116 Å². The fraction of sp³-hybridized carbons (Fsp3) is 0.429. The molecule has 0 saturated heterocycles. The molecular formula is C14H18FNO4. The zero-order chi connectivity index (χ0) is 15.3. The van der Waals surface area contributed by atoms with Crippen LogP contribution >= 0.6 is 0 Å². The van der Waals surface area contributed by atoms with Gasteiger partial charge in [0.1, 0.15) is 0 Å². The lowest BCUT2D eigenvalue weighted by molar-refractivity contribution is -0.147. The lowest BCUT2D eigenvalue weighted by Gasteiger charge is -2.21. The molecule has 0 spiro atoms. The van der Waals surface area contributed by atoms with Gasteiger partial charge in [-0.2, -0.15) is 0 Å². The Kier molecular flexibility index (Phi) is 5.07. The molecule has 0 aromatic heterocycles. The Balaban J connectivity index is 2.56. The van der Waals surface area contributed by atoms with Gasteiger partial charge >= 0.3 is 5.97 Å². The molecule has 1 rings (SSSR count). The Morgan fingerprint density at radius 2 is 2.00 bits per heavy atom. The average molecular weight is 283 g/mol. The maximum Gasteiger partial charge on any atom is 0.310 e.